The zero-order chi connectivity index (χ0) is 10.2. The fourth-order valence-corrected chi connectivity index (χ4v) is 1.53. The summed E-state index contributed by atoms with van der Waals surface area (Å²) in [6.45, 7) is 6.44. The molecular formula is C10H17N3. The molecule has 1 rings (SSSR count). The predicted octanol–water partition coefficient (Wildman–Crippen LogP) is 1.61. The smallest absolute Gasteiger partial charge is 0.139 e. The molecule has 3 nitrogen and oxygen atoms in total. The quantitative estimate of drug-likeness (QED) is 0.499. The minimum absolute atomic E-state index is 0.0997. The van der Waals surface area contributed by atoms with Gasteiger partial charge in [-0.1, -0.05) is 20.8 Å². The van der Waals surface area contributed by atoms with Gasteiger partial charge in [0.15, 0.2) is 0 Å². The fourth-order valence-electron chi connectivity index (χ4n) is 1.53. The molecular weight excluding hydrogens is 162 g/mol. The third-order valence-corrected chi connectivity index (χ3v) is 2.17. The average molecular weight is 179 g/mol. The third-order valence-electron chi connectivity index (χ3n) is 2.17. The van der Waals surface area contributed by atoms with E-state index in [0.717, 1.165) is 5.69 Å². The van der Waals surface area contributed by atoms with Crippen molar-refractivity contribution in [1.82, 2.24) is 4.57 Å². The van der Waals surface area contributed by atoms with E-state index in [1.165, 1.54) is 5.69 Å². The van der Waals surface area contributed by atoms with Crippen LogP contribution in [0.3, 0.4) is 0 Å². The van der Waals surface area contributed by atoms with Crippen molar-refractivity contribution >= 4 is 5.84 Å². The van der Waals surface area contributed by atoms with Crippen molar-refractivity contribution in [2.24, 2.45) is 12.8 Å². The van der Waals surface area contributed by atoms with E-state index in [2.05, 4.69) is 20.8 Å². The van der Waals surface area contributed by atoms with E-state index in [4.69, 9.17) is 11.1 Å². The average Bonchev–Trinajstić information content (AvgIpc) is 2.28. The number of hydrogen-bond acceptors (Lipinski definition) is 1. The number of nitrogens with one attached hydrogen (secondary N) is 1. The number of rotatable bonds is 1. The Labute approximate surface area is 79.1 Å². The first kappa shape index (κ1) is 9.84. The normalized spacial score (nSPS) is 11.7. The van der Waals surface area contributed by atoms with Crippen LogP contribution >= 0.6 is 0 Å². The van der Waals surface area contributed by atoms with Crippen LogP contribution in [0.4, 0.5) is 0 Å². The summed E-state index contributed by atoms with van der Waals surface area (Å²) in [4.78, 5) is 0. The molecule has 1 heterocycles. The molecule has 0 unspecified atom stereocenters. The topological polar surface area (TPSA) is 54.8 Å². The van der Waals surface area contributed by atoms with Crippen LogP contribution in [-0.4, -0.2) is 10.4 Å². The van der Waals surface area contributed by atoms with E-state index in [1.807, 2.05) is 23.7 Å². The van der Waals surface area contributed by atoms with Crippen LogP contribution in [0.25, 0.3) is 0 Å². The summed E-state index contributed by atoms with van der Waals surface area (Å²) in [5, 5.41) is 7.35. The minimum atomic E-state index is 0.0997. The van der Waals surface area contributed by atoms with Crippen molar-refractivity contribution in [3.05, 3.63) is 23.5 Å². The number of aromatic nitrogens is 1. The lowest BCUT2D eigenvalue weighted by Crippen LogP contribution is -2.20. The second-order valence-corrected chi connectivity index (χ2v) is 4.33. The van der Waals surface area contributed by atoms with Crippen molar-refractivity contribution in [3.8, 4) is 0 Å². The highest BCUT2D eigenvalue weighted by atomic mass is 15.0. The van der Waals surface area contributed by atoms with Crippen LogP contribution in [0.5, 0.6) is 0 Å². The molecule has 0 radical (unpaired) electrons. The maximum atomic E-state index is 7.35. The molecule has 1 aromatic heterocycles. The zero-order valence-electron chi connectivity index (χ0n) is 8.68. The minimum Gasteiger partial charge on any atom is -0.382 e. The van der Waals surface area contributed by atoms with E-state index < -0.39 is 0 Å². The Morgan fingerprint density at radius 1 is 1.38 bits per heavy atom. The Morgan fingerprint density at radius 2 is 1.92 bits per heavy atom. The lowest BCUT2D eigenvalue weighted by Gasteiger charge is -2.20. The second kappa shape index (κ2) is 2.91. The molecule has 0 aliphatic rings. The van der Waals surface area contributed by atoms with Gasteiger partial charge in [-0.3, -0.25) is 5.41 Å². The Hall–Kier alpha value is -1.25. The molecule has 0 atom stereocenters. The molecule has 0 aliphatic heterocycles. The lowest BCUT2D eigenvalue weighted by molar-refractivity contribution is 0.542. The van der Waals surface area contributed by atoms with E-state index >= 15 is 0 Å². The SMILES string of the molecule is Cn1c(C(=N)N)ccc1C(C)(C)C. The maximum Gasteiger partial charge on any atom is 0.139 e. The molecule has 0 saturated heterocycles. The molecule has 72 valence electrons. The van der Waals surface area contributed by atoms with Crippen LogP contribution in [0.2, 0.25) is 0 Å². The highest BCUT2D eigenvalue weighted by Gasteiger charge is 2.18. The second-order valence-electron chi connectivity index (χ2n) is 4.33. The Bertz CT molecular complexity index is 328. The van der Waals surface area contributed by atoms with Crippen molar-refractivity contribution in [3.63, 3.8) is 0 Å². The predicted molar refractivity (Wildman–Crippen MR) is 55.1 cm³/mol. The Balaban J connectivity index is 3.22. The molecule has 0 aromatic carbocycles. The first-order valence-electron chi connectivity index (χ1n) is 4.34. The summed E-state index contributed by atoms with van der Waals surface area (Å²) in [7, 11) is 1.94. The van der Waals surface area contributed by atoms with E-state index in [9.17, 15) is 0 Å². The highest BCUT2D eigenvalue weighted by Crippen LogP contribution is 2.23. The van der Waals surface area contributed by atoms with Gasteiger partial charge in [0, 0.05) is 18.2 Å². The summed E-state index contributed by atoms with van der Waals surface area (Å²) < 4.78 is 1.97. The molecule has 13 heavy (non-hydrogen) atoms. The van der Waals surface area contributed by atoms with Crippen LogP contribution < -0.4 is 5.73 Å². The molecule has 1 aromatic rings. The molecule has 0 amide bonds. The summed E-state index contributed by atoms with van der Waals surface area (Å²) in [6, 6.07) is 3.92. The fraction of sp³-hybridized carbons (Fsp3) is 0.500. The summed E-state index contributed by atoms with van der Waals surface area (Å²) in [6.07, 6.45) is 0. The van der Waals surface area contributed by atoms with Gasteiger partial charge in [0.1, 0.15) is 5.84 Å². The van der Waals surface area contributed by atoms with E-state index in [-0.39, 0.29) is 11.3 Å². The first-order valence-corrected chi connectivity index (χ1v) is 4.34. The van der Waals surface area contributed by atoms with Gasteiger partial charge in [0.2, 0.25) is 0 Å². The summed E-state index contributed by atoms with van der Waals surface area (Å²) in [5.74, 6) is 0.123. The first-order chi connectivity index (χ1) is 5.84. The molecule has 3 heteroatoms. The van der Waals surface area contributed by atoms with Gasteiger partial charge in [-0.25, -0.2) is 0 Å². The van der Waals surface area contributed by atoms with Crippen molar-refractivity contribution in [2.75, 3.05) is 0 Å². The molecule has 0 aliphatic carbocycles. The number of nitrogens with zero attached hydrogens (tertiary/aromatic N) is 1. The number of nitrogens with two attached hydrogens (primary N) is 1. The van der Waals surface area contributed by atoms with Crippen LogP contribution in [0.1, 0.15) is 32.2 Å². The van der Waals surface area contributed by atoms with Crippen LogP contribution in [0, 0.1) is 5.41 Å². The summed E-state index contributed by atoms with van der Waals surface area (Å²) in [5.41, 5.74) is 7.51. The lowest BCUT2D eigenvalue weighted by atomic mass is 9.92. The Kier molecular flexibility index (Phi) is 2.20. The highest BCUT2D eigenvalue weighted by molar-refractivity contribution is 5.93. The molecule has 0 spiro atoms. The number of nitrogen functional groups attached to an aromatic ring is 1. The van der Waals surface area contributed by atoms with Gasteiger partial charge in [0.05, 0.1) is 5.69 Å². The molecule has 0 bridgehead atoms. The van der Waals surface area contributed by atoms with Gasteiger partial charge in [0.25, 0.3) is 0 Å². The summed E-state index contributed by atoms with van der Waals surface area (Å²) >= 11 is 0. The van der Waals surface area contributed by atoms with Crippen molar-refractivity contribution in [1.29, 1.82) is 5.41 Å². The molecule has 0 saturated carbocycles. The zero-order valence-corrected chi connectivity index (χ0v) is 8.68. The van der Waals surface area contributed by atoms with Gasteiger partial charge < -0.3 is 10.3 Å². The monoisotopic (exact) mass is 179 g/mol. The van der Waals surface area contributed by atoms with Gasteiger partial charge in [-0.15, -0.1) is 0 Å². The third kappa shape index (κ3) is 1.74. The largest absolute Gasteiger partial charge is 0.382 e. The molecule has 3 N–H and O–H groups in total. The number of amidine groups is 1. The van der Waals surface area contributed by atoms with Crippen molar-refractivity contribution in [2.45, 2.75) is 26.2 Å². The Morgan fingerprint density at radius 3 is 2.15 bits per heavy atom. The molecule has 0 fully saturated rings. The standard InChI is InChI=1S/C10H17N3/c1-10(2,3)8-6-5-7(9(11)12)13(8)4/h5-6H,1-4H3,(H3,11,12). The van der Waals surface area contributed by atoms with Gasteiger partial charge >= 0.3 is 0 Å². The van der Waals surface area contributed by atoms with E-state index in [1.54, 1.807) is 0 Å². The van der Waals surface area contributed by atoms with Gasteiger partial charge in [-0.05, 0) is 12.1 Å². The number of hydrogen-bond donors (Lipinski definition) is 2. The van der Waals surface area contributed by atoms with Crippen LogP contribution in [-0.2, 0) is 12.5 Å². The van der Waals surface area contributed by atoms with Crippen molar-refractivity contribution < 1.29 is 0 Å². The van der Waals surface area contributed by atoms with Gasteiger partial charge in [-0.2, -0.15) is 0 Å². The maximum absolute atomic E-state index is 7.35. The van der Waals surface area contributed by atoms with Crippen LogP contribution in [0.15, 0.2) is 12.1 Å². The van der Waals surface area contributed by atoms with E-state index in [0.29, 0.717) is 0 Å².